The van der Waals surface area contributed by atoms with Gasteiger partial charge in [-0.25, -0.2) is 0 Å². The van der Waals surface area contributed by atoms with Gasteiger partial charge in [0.25, 0.3) is 0 Å². The van der Waals surface area contributed by atoms with Crippen molar-refractivity contribution in [2.24, 2.45) is 5.16 Å². The second-order valence-electron chi connectivity index (χ2n) is 11.9. The molecule has 0 fully saturated rings. The Bertz CT molecular complexity index is 1190. The maximum Gasteiger partial charge on any atom is 0.231 e. The summed E-state index contributed by atoms with van der Waals surface area (Å²) in [5, 5.41) is 14.3. The molecule has 0 spiro atoms. The van der Waals surface area contributed by atoms with E-state index < -0.39 is 0 Å². The summed E-state index contributed by atoms with van der Waals surface area (Å²) in [6, 6.07) is 6.73. The summed E-state index contributed by atoms with van der Waals surface area (Å²) in [7, 11) is 3.82. The third-order valence-electron chi connectivity index (χ3n) is 8.21. The molecule has 1 N–H and O–H groups in total. The van der Waals surface area contributed by atoms with E-state index in [1.54, 1.807) is 7.11 Å². The minimum Gasteiger partial charge on any atom is -0.492 e. The van der Waals surface area contributed by atoms with E-state index in [-0.39, 0.29) is 23.7 Å². The van der Waals surface area contributed by atoms with Crippen molar-refractivity contribution >= 4 is 5.71 Å². The summed E-state index contributed by atoms with van der Waals surface area (Å²) >= 11 is 0. The van der Waals surface area contributed by atoms with E-state index in [9.17, 15) is 5.21 Å². The first-order chi connectivity index (χ1) is 16.5. The fourth-order valence-corrected chi connectivity index (χ4v) is 5.98. The second kappa shape index (κ2) is 8.44. The predicted molar refractivity (Wildman–Crippen MR) is 138 cm³/mol. The number of ether oxygens (including phenoxy) is 3. The van der Waals surface area contributed by atoms with Crippen LogP contribution in [0.5, 0.6) is 17.2 Å². The Balaban J connectivity index is 1.61. The van der Waals surface area contributed by atoms with Crippen molar-refractivity contribution in [3.63, 3.8) is 0 Å². The maximum atomic E-state index is 10.4. The molecule has 0 unspecified atom stereocenters. The molecule has 0 radical (unpaired) electrons. The largest absolute Gasteiger partial charge is 0.492 e. The van der Waals surface area contributed by atoms with E-state index in [0.717, 1.165) is 54.1 Å². The van der Waals surface area contributed by atoms with Crippen LogP contribution < -0.4 is 14.2 Å². The van der Waals surface area contributed by atoms with Gasteiger partial charge in [0, 0.05) is 30.1 Å². The molecule has 2 aliphatic heterocycles. The molecule has 0 bridgehead atoms. The third kappa shape index (κ3) is 3.96. The van der Waals surface area contributed by atoms with Crippen molar-refractivity contribution in [3.8, 4) is 17.2 Å². The van der Waals surface area contributed by atoms with E-state index in [1.165, 1.54) is 22.3 Å². The Hall–Kier alpha value is -2.73. The van der Waals surface area contributed by atoms with Crippen LogP contribution in [0.25, 0.3) is 0 Å². The standard InChI is InChI=1S/C29H38N2O4/c1-28(2,3)18-13-20(19-8-10-29(4,5)21(19)14-18)22(30-32)15-23-25-17(9-11-31(23)6)12-24-26(27(25)33-7)35-16-34-24/h12-14,23,32H,8-11,15-16H2,1-7H3/b30-22+/t23-/m1/s1. The molecule has 3 aliphatic rings. The van der Waals surface area contributed by atoms with Gasteiger partial charge in [-0.15, -0.1) is 0 Å². The zero-order valence-electron chi connectivity index (χ0n) is 22.1. The topological polar surface area (TPSA) is 63.5 Å². The number of fused-ring (bicyclic) bond motifs is 3. The van der Waals surface area contributed by atoms with Crippen LogP contribution in [0.3, 0.4) is 0 Å². The molecule has 2 heterocycles. The van der Waals surface area contributed by atoms with Gasteiger partial charge in [0.1, 0.15) is 0 Å². The van der Waals surface area contributed by atoms with Gasteiger partial charge >= 0.3 is 0 Å². The van der Waals surface area contributed by atoms with Crippen LogP contribution in [-0.4, -0.2) is 43.3 Å². The lowest BCUT2D eigenvalue weighted by Crippen LogP contribution is -2.34. The van der Waals surface area contributed by atoms with E-state index in [1.807, 2.05) is 0 Å². The highest BCUT2D eigenvalue weighted by Gasteiger charge is 2.37. The number of hydrogen-bond donors (Lipinski definition) is 1. The quantitative estimate of drug-likeness (QED) is 0.345. The monoisotopic (exact) mass is 478 g/mol. The van der Waals surface area contributed by atoms with Gasteiger partial charge in [0.2, 0.25) is 12.5 Å². The van der Waals surface area contributed by atoms with Crippen LogP contribution in [-0.2, 0) is 23.7 Å². The molecule has 2 aromatic carbocycles. The highest BCUT2D eigenvalue weighted by molar-refractivity contribution is 6.02. The lowest BCUT2D eigenvalue weighted by Gasteiger charge is -2.36. The number of methoxy groups -OCH3 is 1. The molecule has 1 atom stereocenters. The predicted octanol–water partition coefficient (Wildman–Crippen LogP) is 5.74. The van der Waals surface area contributed by atoms with E-state index in [0.29, 0.717) is 12.2 Å². The minimum absolute atomic E-state index is 0.00163. The Morgan fingerprint density at radius 3 is 2.66 bits per heavy atom. The Kier molecular flexibility index (Phi) is 5.78. The number of hydrogen-bond acceptors (Lipinski definition) is 6. The molecule has 1 aliphatic carbocycles. The molecule has 2 aromatic rings. The van der Waals surface area contributed by atoms with Crippen LogP contribution in [0.15, 0.2) is 23.4 Å². The van der Waals surface area contributed by atoms with Crippen LogP contribution in [0, 0.1) is 0 Å². The molecule has 5 rings (SSSR count). The highest BCUT2D eigenvalue weighted by atomic mass is 16.7. The van der Waals surface area contributed by atoms with Crippen molar-refractivity contribution in [2.75, 3.05) is 27.5 Å². The second-order valence-corrected chi connectivity index (χ2v) is 11.9. The summed E-state index contributed by atoms with van der Waals surface area (Å²) in [6.07, 6.45) is 3.59. The van der Waals surface area contributed by atoms with Gasteiger partial charge in [0.05, 0.1) is 12.8 Å². The molecule has 0 amide bonds. The molecule has 0 saturated heterocycles. The number of nitrogens with zero attached hydrogens (tertiary/aromatic N) is 2. The van der Waals surface area contributed by atoms with Crippen molar-refractivity contribution in [3.05, 3.63) is 51.6 Å². The van der Waals surface area contributed by atoms with Gasteiger partial charge in [-0.05, 0) is 71.5 Å². The molecule has 0 saturated carbocycles. The summed E-state index contributed by atoms with van der Waals surface area (Å²) in [4.78, 5) is 2.33. The molecule has 6 nitrogen and oxygen atoms in total. The number of rotatable bonds is 4. The molecule has 188 valence electrons. The van der Waals surface area contributed by atoms with E-state index in [4.69, 9.17) is 14.2 Å². The molecule has 35 heavy (non-hydrogen) atoms. The number of likely N-dealkylation sites (N-methyl/N-ethyl adjacent to an activating group) is 1. The first-order valence-corrected chi connectivity index (χ1v) is 12.6. The van der Waals surface area contributed by atoms with Crippen molar-refractivity contribution in [1.82, 2.24) is 4.90 Å². The molecule has 6 heteroatoms. The van der Waals surface area contributed by atoms with Gasteiger partial charge in [-0.1, -0.05) is 45.8 Å². The van der Waals surface area contributed by atoms with Crippen molar-refractivity contribution < 1.29 is 19.4 Å². The summed E-state index contributed by atoms with van der Waals surface area (Å²) in [6.45, 7) is 12.5. The van der Waals surface area contributed by atoms with Crippen LogP contribution in [0.2, 0.25) is 0 Å². The third-order valence-corrected chi connectivity index (χ3v) is 8.21. The first kappa shape index (κ1) is 24.0. The summed E-state index contributed by atoms with van der Waals surface area (Å²) < 4.78 is 17.3. The van der Waals surface area contributed by atoms with Gasteiger partial charge in [-0.3, -0.25) is 4.90 Å². The summed E-state index contributed by atoms with van der Waals surface area (Å²) in [5.41, 5.74) is 8.24. The van der Waals surface area contributed by atoms with Gasteiger partial charge < -0.3 is 19.4 Å². The van der Waals surface area contributed by atoms with Gasteiger partial charge in [-0.2, -0.15) is 0 Å². The van der Waals surface area contributed by atoms with Crippen molar-refractivity contribution in [1.29, 1.82) is 0 Å². The zero-order valence-corrected chi connectivity index (χ0v) is 22.1. The normalized spacial score (nSPS) is 21.1. The van der Waals surface area contributed by atoms with Crippen LogP contribution in [0.4, 0.5) is 0 Å². The maximum absolute atomic E-state index is 10.4. The number of oxime groups is 1. The van der Waals surface area contributed by atoms with Crippen LogP contribution >= 0.6 is 0 Å². The fraction of sp³-hybridized carbons (Fsp3) is 0.552. The average molecular weight is 479 g/mol. The lowest BCUT2D eigenvalue weighted by molar-refractivity contribution is 0.170. The minimum atomic E-state index is -0.00236. The Labute approximate surface area is 208 Å². The molecular weight excluding hydrogens is 440 g/mol. The highest BCUT2D eigenvalue weighted by Crippen LogP contribution is 2.50. The van der Waals surface area contributed by atoms with Crippen LogP contribution in [0.1, 0.15) is 86.9 Å². The van der Waals surface area contributed by atoms with Crippen molar-refractivity contribution in [2.45, 2.75) is 77.2 Å². The first-order valence-electron chi connectivity index (χ1n) is 12.6. The van der Waals surface area contributed by atoms with Gasteiger partial charge in [0.15, 0.2) is 11.5 Å². The van der Waals surface area contributed by atoms with E-state index >= 15 is 0 Å². The number of benzene rings is 2. The SMILES string of the molecule is COc1c2c(cc3c1[C@@H](C/C(=N\O)c1cc(C(C)(C)C)cc4c1CCC4(C)C)N(C)CC3)OCO2. The Morgan fingerprint density at radius 2 is 1.97 bits per heavy atom. The fourth-order valence-electron chi connectivity index (χ4n) is 5.98. The zero-order chi connectivity index (χ0) is 25.1. The smallest absolute Gasteiger partial charge is 0.231 e. The van der Waals surface area contributed by atoms with E-state index in [2.05, 4.69) is 69.9 Å². The molecular formula is C29H38N2O4. The Morgan fingerprint density at radius 1 is 1.20 bits per heavy atom. The average Bonchev–Trinajstić information content (AvgIpc) is 3.40. The summed E-state index contributed by atoms with van der Waals surface area (Å²) in [5.74, 6) is 2.16. The molecule has 0 aromatic heterocycles. The lowest BCUT2D eigenvalue weighted by atomic mass is 9.78.